The first kappa shape index (κ1) is 22.0. The topological polar surface area (TPSA) is 82.1 Å². The Balaban J connectivity index is 1.29. The van der Waals surface area contributed by atoms with Crippen LogP contribution in [0.2, 0.25) is 0 Å². The molecule has 2 aromatic carbocycles. The second kappa shape index (κ2) is 10.4. The maximum atomic E-state index is 12.8. The quantitative estimate of drug-likeness (QED) is 0.677. The van der Waals surface area contributed by atoms with Gasteiger partial charge in [0, 0.05) is 37.4 Å². The van der Waals surface area contributed by atoms with Crippen molar-refractivity contribution < 1.29 is 19.4 Å². The van der Waals surface area contributed by atoms with E-state index in [-0.39, 0.29) is 24.8 Å². The first-order chi connectivity index (χ1) is 15.6. The van der Waals surface area contributed by atoms with E-state index in [1.54, 1.807) is 30.3 Å². The smallest absolute Gasteiger partial charge is 0.251 e. The number of hydrogen-bond donors (Lipinski definition) is 2. The van der Waals surface area contributed by atoms with Crippen LogP contribution in [0.25, 0.3) is 0 Å². The average molecular weight is 436 g/mol. The van der Waals surface area contributed by atoms with Crippen molar-refractivity contribution in [1.29, 1.82) is 0 Å². The van der Waals surface area contributed by atoms with Gasteiger partial charge in [0.2, 0.25) is 5.91 Å². The lowest BCUT2D eigenvalue weighted by Crippen LogP contribution is -2.51. The number of anilines is 1. The molecule has 2 N–H and O–H groups in total. The summed E-state index contributed by atoms with van der Waals surface area (Å²) in [5, 5.41) is 12.7. The highest BCUT2D eigenvalue weighted by molar-refractivity contribution is 5.94. The molecule has 7 nitrogen and oxygen atoms in total. The van der Waals surface area contributed by atoms with Gasteiger partial charge in [-0.25, -0.2) is 0 Å². The van der Waals surface area contributed by atoms with Gasteiger partial charge in [0.05, 0.1) is 25.2 Å². The summed E-state index contributed by atoms with van der Waals surface area (Å²) in [6, 6.07) is 18.7. The molecule has 4 rings (SSSR count). The van der Waals surface area contributed by atoms with Crippen molar-refractivity contribution >= 4 is 17.5 Å². The van der Waals surface area contributed by atoms with Crippen molar-refractivity contribution in [1.82, 2.24) is 10.2 Å². The number of piperazine rings is 1. The number of amides is 2. The molecule has 3 atom stereocenters. The monoisotopic (exact) mass is 435 g/mol. The molecular formula is C25H29N3O4. The number of carbonyl (C=O) groups is 2. The number of aliphatic hydroxyl groups excluding tert-OH is 1. The molecule has 0 saturated carbocycles. The van der Waals surface area contributed by atoms with Crippen molar-refractivity contribution in [2.75, 3.05) is 37.7 Å². The number of nitrogens with zero attached hydrogens (tertiary/aromatic N) is 2. The molecule has 2 aliphatic rings. The number of benzene rings is 2. The molecule has 2 aliphatic heterocycles. The van der Waals surface area contributed by atoms with E-state index >= 15 is 0 Å². The molecule has 32 heavy (non-hydrogen) atoms. The molecule has 2 heterocycles. The van der Waals surface area contributed by atoms with Crippen molar-refractivity contribution in [2.24, 2.45) is 0 Å². The van der Waals surface area contributed by atoms with Crippen LogP contribution in [0.15, 0.2) is 72.8 Å². The third kappa shape index (κ3) is 5.36. The highest BCUT2D eigenvalue weighted by atomic mass is 16.5. The zero-order chi connectivity index (χ0) is 22.3. The van der Waals surface area contributed by atoms with Crippen LogP contribution in [0.1, 0.15) is 16.8 Å². The number of rotatable bonds is 6. The fourth-order valence-corrected chi connectivity index (χ4v) is 4.11. The second-order valence-electron chi connectivity index (χ2n) is 8.05. The maximum Gasteiger partial charge on any atom is 0.251 e. The summed E-state index contributed by atoms with van der Waals surface area (Å²) in [6.45, 7) is 2.69. The molecule has 2 amide bonds. The molecule has 0 unspecified atom stereocenters. The minimum Gasteiger partial charge on any atom is -0.394 e. The third-order valence-electron chi connectivity index (χ3n) is 5.93. The van der Waals surface area contributed by atoms with Crippen LogP contribution < -0.4 is 10.2 Å². The van der Waals surface area contributed by atoms with Gasteiger partial charge in [-0.1, -0.05) is 48.6 Å². The van der Waals surface area contributed by atoms with Gasteiger partial charge < -0.3 is 25.0 Å². The fourth-order valence-electron chi connectivity index (χ4n) is 4.11. The number of ether oxygens (including phenoxy) is 1. The molecule has 2 aromatic rings. The summed E-state index contributed by atoms with van der Waals surface area (Å²) in [5.74, 6) is -0.191. The molecule has 0 spiro atoms. The van der Waals surface area contributed by atoms with Gasteiger partial charge >= 0.3 is 0 Å². The van der Waals surface area contributed by atoms with Gasteiger partial charge in [-0.2, -0.15) is 0 Å². The van der Waals surface area contributed by atoms with Crippen LogP contribution in [0.4, 0.5) is 5.69 Å². The highest BCUT2D eigenvalue weighted by Crippen LogP contribution is 2.19. The number of para-hydroxylation sites is 1. The van der Waals surface area contributed by atoms with Crippen molar-refractivity contribution in [2.45, 2.75) is 24.7 Å². The van der Waals surface area contributed by atoms with Crippen LogP contribution in [0, 0.1) is 0 Å². The van der Waals surface area contributed by atoms with E-state index < -0.39 is 18.2 Å². The molecule has 0 aliphatic carbocycles. The molecule has 1 fully saturated rings. The largest absolute Gasteiger partial charge is 0.394 e. The summed E-state index contributed by atoms with van der Waals surface area (Å²) in [6.07, 6.45) is 2.83. The standard InChI is InChI=1S/C25H29N3O4/c29-18-23-22(26-25(31)19-7-3-1-4-8-19)12-11-21(32-23)17-24(30)28-15-13-27(14-16-28)20-9-5-2-6-10-20/h1-12,21-23,29H,13-18H2,(H,26,31)/t21-,22+,23+/m0/s1. The molecular weight excluding hydrogens is 406 g/mol. The van der Waals surface area contributed by atoms with Crippen LogP contribution in [0.5, 0.6) is 0 Å². The Kier molecular flexibility index (Phi) is 7.19. The SMILES string of the molecule is O=C(N[C@@H]1C=C[C@@H](CC(=O)N2CCN(c3ccccc3)CC2)O[C@@H]1CO)c1ccccc1. The van der Waals surface area contributed by atoms with E-state index in [9.17, 15) is 14.7 Å². The normalized spacial score (nSPS) is 23.1. The van der Waals surface area contributed by atoms with Gasteiger partial charge in [-0.3, -0.25) is 9.59 Å². The van der Waals surface area contributed by atoms with E-state index in [4.69, 9.17) is 4.74 Å². The third-order valence-corrected chi connectivity index (χ3v) is 5.93. The number of aliphatic hydroxyl groups is 1. The lowest BCUT2D eigenvalue weighted by atomic mass is 10.0. The number of nitrogens with one attached hydrogen (secondary N) is 1. The summed E-state index contributed by atoms with van der Waals surface area (Å²) < 4.78 is 5.93. The van der Waals surface area contributed by atoms with Crippen LogP contribution >= 0.6 is 0 Å². The molecule has 0 bridgehead atoms. The molecule has 7 heteroatoms. The summed E-state index contributed by atoms with van der Waals surface area (Å²) in [5.41, 5.74) is 1.72. The predicted octanol–water partition coefficient (Wildman–Crippen LogP) is 1.84. The Morgan fingerprint density at radius 1 is 0.938 bits per heavy atom. The highest BCUT2D eigenvalue weighted by Gasteiger charge is 2.31. The lowest BCUT2D eigenvalue weighted by molar-refractivity contribution is -0.135. The van der Waals surface area contributed by atoms with E-state index in [0.29, 0.717) is 18.7 Å². The Labute approximate surface area is 188 Å². The van der Waals surface area contributed by atoms with Crippen molar-refractivity contribution in [3.8, 4) is 0 Å². The van der Waals surface area contributed by atoms with E-state index in [0.717, 1.165) is 13.1 Å². The molecule has 0 aromatic heterocycles. The van der Waals surface area contributed by atoms with Gasteiger partial charge in [-0.15, -0.1) is 0 Å². The summed E-state index contributed by atoms with van der Waals surface area (Å²) in [4.78, 5) is 29.4. The fraction of sp³-hybridized carbons (Fsp3) is 0.360. The van der Waals surface area contributed by atoms with Gasteiger partial charge in [0.1, 0.15) is 6.10 Å². The minimum absolute atomic E-state index is 0.0378. The first-order valence-corrected chi connectivity index (χ1v) is 11.0. The van der Waals surface area contributed by atoms with E-state index in [1.807, 2.05) is 35.2 Å². The Bertz CT molecular complexity index is 927. The Morgan fingerprint density at radius 2 is 1.59 bits per heavy atom. The number of hydrogen-bond acceptors (Lipinski definition) is 5. The summed E-state index contributed by atoms with van der Waals surface area (Å²) in [7, 11) is 0. The first-order valence-electron chi connectivity index (χ1n) is 11.0. The minimum atomic E-state index is -0.597. The average Bonchev–Trinajstić information content (AvgIpc) is 2.86. The Hall–Kier alpha value is -3.16. The van der Waals surface area contributed by atoms with Crippen LogP contribution in [-0.4, -0.2) is 72.9 Å². The molecule has 1 saturated heterocycles. The lowest BCUT2D eigenvalue weighted by Gasteiger charge is -2.37. The molecule has 168 valence electrons. The maximum absolute atomic E-state index is 12.8. The van der Waals surface area contributed by atoms with Gasteiger partial charge in [-0.05, 0) is 24.3 Å². The van der Waals surface area contributed by atoms with Crippen LogP contribution in [-0.2, 0) is 9.53 Å². The predicted molar refractivity (Wildman–Crippen MR) is 122 cm³/mol. The number of carbonyl (C=O) groups excluding carboxylic acids is 2. The van der Waals surface area contributed by atoms with Gasteiger partial charge in [0.15, 0.2) is 0 Å². The summed E-state index contributed by atoms with van der Waals surface area (Å²) >= 11 is 0. The van der Waals surface area contributed by atoms with Gasteiger partial charge in [0.25, 0.3) is 5.91 Å². The van der Waals surface area contributed by atoms with Crippen molar-refractivity contribution in [3.63, 3.8) is 0 Å². The zero-order valence-corrected chi connectivity index (χ0v) is 18.0. The Morgan fingerprint density at radius 3 is 2.25 bits per heavy atom. The van der Waals surface area contributed by atoms with Crippen molar-refractivity contribution in [3.05, 3.63) is 78.4 Å². The zero-order valence-electron chi connectivity index (χ0n) is 18.0. The van der Waals surface area contributed by atoms with Crippen LogP contribution in [0.3, 0.4) is 0 Å². The second-order valence-corrected chi connectivity index (χ2v) is 8.05. The van der Waals surface area contributed by atoms with E-state index in [1.165, 1.54) is 5.69 Å². The molecule has 0 radical (unpaired) electrons. The van der Waals surface area contributed by atoms with E-state index in [2.05, 4.69) is 22.3 Å².